The standard InChI is InChI=1S/C11H10O2/c1-8(7-12)11-6-9-4-2-3-5-10(9)13-11/h2-8H,1H3. The van der Waals surface area contributed by atoms with Crippen molar-refractivity contribution in [1.82, 2.24) is 0 Å². The van der Waals surface area contributed by atoms with Gasteiger partial charge in [0.15, 0.2) is 0 Å². The normalized spacial score (nSPS) is 13.0. The van der Waals surface area contributed by atoms with Crippen LogP contribution in [0.5, 0.6) is 0 Å². The Balaban J connectivity index is 2.55. The van der Waals surface area contributed by atoms with Crippen LogP contribution in [0.4, 0.5) is 0 Å². The van der Waals surface area contributed by atoms with Gasteiger partial charge in [0, 0.05) is 5.39 Å². The predicted molar refractivity (Wildman–Crippen MR) is 50.7 cm³/mol. The lowest BCUT2D eigenvalue weighted by atomic mass is 10.1. The third-order valence-corrected chi connectivity index (χ3v) is 2.10. The summed E-state index contributed by atoms with van der Waals surface area (Å²) in [7, 11) is 0. The van der Waals surface area contributed by atoms with Crippen molar-refractivity contribution in [3.63, 3.8) is 0 Å². The fraction of sp³-hybridized carbons (Fsp3) is 0.182. The molecule has 0 radical (unpaired) electrons. The molecular weight excluding hydrogens is 164 g/mol. The smallest absolute Gasteiger partial charge is 0.134 e. The van der Waals surface area contributed by atoms with E-state index < -0.39 is 0 Å². The molecule has 0 amide bonds. The van der Waals surface area contributed by atoms with Crippen molar-refractivity contribution in [2.45, 2.75) is 12.8 Å². The molecule has 2 rings (SSSR count). The van der Waals surface area contributed by atoms with E-state index in [0.29, 0.717) is 0 Å². The Morgan fingerprint density at radius 1 is 1.38 bits per heavy atom. The Hall–Kier alpha value is -1.57. The number of rotatable bonds is 2. The van der Waals surface area contributed by atoms with Gasteiger partial charge in [0.2, 0.25) is 0 Å². The first kappa shape index (κ1) is 8.05. The van der Waals surface area contributed by atoms with Gasteiger partial charge in [0.25, 0.3) is 0 Å². The summed E-state index contributed by atoms with van der Waals surface area (Å²) < 4.78 is 5.49. The summed E-state index contributed by atoms with van der Waals surface area (Å²) in [6.45, 7) is 1.82. The molecule has 2 nitrogen and oxygen atoms in total. The lowest BCUT2D eigenvalue weighted by molar-refractivity contribution is -0.109. The SMILES string of the molecule is CC(C=O)c1cc2ccccc2o1. The number of hydrogen-bond donors (Lipinski definition) is 0. The van der Waals surface area contributed by atoms with Crippen molar-refractivity contribution in [3.05, 3.63) is 36.1 Å². The molecule has 1 heterocycles. The molecule has 0 spiro atoms. The van der Waals surface area contributed by atoms with E-state index in [-0.39, 0.29) is 5.92 Å². The Morgan fingerprint density at radius 2 is 2.15 bits per heavy atom. The quantitative estimate of drug-likeness (QED) is 0.655. The highest BCUT2D eigenvalue weighted by Gasteiger charge is 2.09. The fourth-order valence-corrected chi connectivity index (χ4v) is 1.29. The van der Waals surface area contributed by atoms with Crippen LogP contribution in [0.1, 0.15) is 18.6 Å². The molecule has 0 N–H and O–H groups in total. The number of hydrogen-bond acceptors (Lipinski definition) is 2. The monoisotopic (exact) mass is 174 g/mol. The molecule has 66 valence electrons. The predicted octanol–water partition coefficient (Wildman–Crippen LogP) is 2.74. The summed E-state index contributed by atoms with van der Waals surface area (Å²) >= 11 is 0. The van der Waals surface area contributed by atoms with Crippen LogP contribution < -0.4 is 0 Å². The molecule has 0 aliphatic rings. The molecule has 1 atom stereocenters. The average Bonchev–Trinajstić information content (AvgIpc) is 2.59. The zero-order chi connectivity index (χ0) is 9.26. The molecule has 0 saturated heterocycles. The van der Waals surface area contributed by atoms with E-state index in [0.717, 1.165) is 23.0 Å². The van der Waals surface area contributed by atoms with Crippen LogP contribution in [0.2, 0.25) is 0 Å². The number of benzene rings is 1. The van der Waals surface area contributed by atoms with Crippen LogP contribution in [0.25, 0.3) is 11.0 Å². The first-order valence-electron chi connectivity index (χ1n) is 4.25. The van der Waals surface area contributed by atoms with Gasteiger partial charge in [0.1, 0.15) is 17.6 Å². The van der Waals surface area contributed by atoms with Gasteiger partial charge in [-0.2, -0.15) is 0 Å². The second-order valence-electron chi connectivity index (χ2n) is 3.11. The second-order valence-corrected chi connectivity index (χ2v) is 3.11. The van der Waals surface area contributed by atoms with Gasteiger partial charge in [-0.15, -0.1) is 0 Å². The Labute approximate surface area is 76.2 Å². The van der Waals surface area contributed by atoms with Gasteiger partial charge in [-0.05, 0) is 19.1 Å². The van der Waals surface area contributed by atoms with Crippen molar-refractivity contribution in [3.8, 4) is 0 Å². The highest BCUT2D eigenvalue weighted by molar-refractivity contribution is 5.79. The van der Waals surface area contributed by atoms with E-state index in [9.17, 15) is 4.79 Å². The van der Waals surface area contributed by atoms with Gasteiger partial charge in [-0.3, -0.25) is 0 Å². The molecule has 2 aromatic rings. The van der Waals surface area contributed by atoms with Gasteiger partial charge in [-0.1, -0.05) is 18.2 Å². The zero-order valence-corrected chi connectivity index (χ0v) is 7.36. The molecular formula is C11H10O2. The van der Waals surface area contributed by atoms with Gasteiger partial charge in [-0.25, -0.2) is 0 Å². The van der Waals surface area contributed by atoms with Gasteiger partial charge >= 0.3 is 0 Å². The van der Waals surface area contributed by atoms with E-state index in [1.807, 2.05) is 37.3 Å². The largest absolute Gasteiger partial charge is 0.460 e. The van der Waals surface area contributed by atoms with Crippen LogP contribution >= 0.6 is 0 Å². The molecule has 1 aromatic heterocycles. The topological polar surface area (TPSA) is 30.2 Å². The van der Waals surface area contributed by atoms with Crippen molar-refractivity contribution in [1.29, 1.82) is 0 Å². The molecule has 0 aliphatic carbocycles. The summed E-state index contributed by atoms with van der Waals surface area (Å²) in [5.41, 5.74) is 0.839. The number of fused-ring (bicyclic) bond motifs is 1. The highest BCUT2D eigenvalue weighted by atomic mass is 16.3. The lowest BCUT2D eigenvalue weighted by Gasteiger charge is -1.94. The minimum atomic E-state index is -0.160. The molecule has 2 heteroatoms. The first-order valence-corrected chi connectivity index (χ1v) is 4.25. The molecule has 0 bridgehead atoms. The summed E-state index contributed by atoms with van der Waals surface area (Å²) in [6, 6.07) is 9.65. The van der Waals surface area contributed by atoms with Crippen LogP contribution in [0.15, 0.2) is 34.7 Å². The number of carbonyl (C=O) groups is 1. The molecule has 13 heavy (non-hydrogen) atoms. The molecule has 0 aliphatic heterocycles. The minimum absolute atomic E-state index is 0.160. The van der Waals surface area contributed by atoms with Crippen LogP contribution in [0.3, 0.4) is 0 Å². The van der Waals surface area contributed by atoms with E-state index in [1.165, 1.54) is 0 Å². The number of carbonyl (C=O) groups excluding carboxylic acids is 1. The van der Waals surface area contributed by atoms with E-state index in [4.69, 9.17) is 4.42 Å². The van der Waals surface area contributed by atoms with Crippen molar-refractivity contribution >= 4 is 17.3 Å². The molecule has 1 aromatic carbocycles. The van der Waals surface area contributed by atoms with Crippen LogP contribution in [0, 0.1) is 0 Å². The van der Waals surface area contributed by atoms with Gasteiger partial charge < -0.3 is 9.21 Å². The maximum absolute atomic E-state index is 10.5. The first-order chi connectivity index (χ1) is 6.31. The van der Waals surface area contributed by atoms with Crippen LogP contribution in [-0.4, -0.2) is 6.29 Å². The Morgan fingerprint density at radius 3 is 2.85 bits per heavy atom. The number of furan rings is 1. The Kier molecular flexibility index (Phi) is 1.89. The Bertz CT molecular complexity index is 395. The maximum Gasteiger partial charge on any atom is 0.134 e. The maximum atomic E-state index is 10.5. The second kappa shape index (κ2) is 3.05. The minimum Gasteiger partial charge on any atom is -0.460 e. The third kappa shape index (κ3) is 1.35. The summed E-state index contributed by atoms with van der Waals surface area (Å²) in [4.78, 5) is 10.5. The molecule has 1 unspecified atom stereocenters. The van der Waals surface area contributed by atoms with E-state index in [1.54, 1.807) is 0 Å². The molecule has 0 fully saturated rings. The average molecular weight is 174 g/mol. The summed E-state index contributed by atoms with van der Waals surface area (Å²) in [5.74, 6) is 0.573. The van der Waals surface area contributed by atoms with E-state index in [2.05, 4.69) is 0 Å². The third-order valence-electron chi connectivity index (χ3n) is 2.10. The summed E-state index contributed by atoms with van der Waals surface area (Å²) in [6.07, 6.45) is 0.887. The van der Waals surface area contributed by atoms with Crippen molar-refractivity contribution < 1.29 is 9.21 Å². The number of aldehydes is 1. The zero-order valence-electron chi connectivity index (χ0n) is 7.36. The van der Waals surface area contributed by atoms with Crippen molar-refractivity contribution in [2.24, 2.45) is 0 Å². The lowest BCUT2D eigenvalue weighted by Crippen LogP contribution is -1.90. The fourth-order valence-electron chi connectivity index (χ4n) is 1.29. The van der Waals surface area contributed by atoms with Gasteiger partial charge in [0.05, 0.1) is 5.92 Å². The van der Waals surface area contributed by atoms with E-state index >= 15 is 0 Å². The van der Waals surface area contributed by atoms with Crippen LogP contribution in [-0.2, 0) is 4.79 Å². The van der Waals surface area contributed by atoms with Crippen molar-refractivity contribution in [2.75, 3.05) is 0 Å². The molecule has 0 saturated carbocycles. The summed E-state index contributed by atoms with van der Waals surface area (Å²) in [5, 5.41) is 1.05. The number of para-hydroxylation sites is 1. The highest BCUT2D eigenvalue weighted by Crippen LogP contribution is 2.23.